The van der Waals surface area contributed by atoms with E-state index in [9.17, 15) is 5.11 Å². The Morgan fingerprint density at radius 2 is 2.00 bits per heavy atom. The van der Waals surface area contributed by atoms with Crippen LogP contribution in [0.5, 0.6) is 5.75 Å². The molecule has 1 aromatic carbocycles. The van der Waals surface area contributed by atoms with Gasteiger partial charge in [-0.15, -0.1) is 0 Å². The van der Waals surface area contributed by atoms with E-state index < -0.39 is 5.60 Å². The zero-order valence-electron chi connectivity index (χ0n) is 9.77. The number of benzene rings is 1. The van der Waals surface area contributed by atoms with E-state index >= 15 is 0 Å². The fourth-order valence-corrected chi connectivity index (χ4v) is 2.30. The Hall–Kier alpha value is -1.06. The zero-order chi connectivity index (χ0) is 11.6. The van der Waals surface area contributed by atoms with Crippen LogP contribution >= 0.6 is 0 Å². The molecule has 88 valence electrons. The highest BCUT2D eigenvalue weighted by atomic mass is 16.5. The molecule has 3 heteroatoms. The van der Waals surface area contributed by atoms with Gasteiger partial charge in [-0.25, -0.2) is 0 Å². The van der Waals surface area contributed by atoms with Crippen LogP contribution < -0.4 is 4.74 Å². The van der Waals surface area contributed by atoms with E-state index in [2.05, 4.69) is 0 Å². The minimum atomic E-state index is -0.616. The number of rotatable bonds is 4. The highest BCUT2D eigenvalue weighted by Gasteiger charge is 2.43. The molecule has 1 aliphatic rings. The van der Waals surface area contributed by atoms with Gasteiger partial charge in [-0.05, 0) is 11.6 Å². The van der Waals surface area contributed by atoms with Crippen molar-refractivity contribution < 1.29 is 14.6 Å². The molecule has 0 aromatic heterocycles. The third kappa shape index (κ3) is 2.20. The van der Waals surface area contributed by atoms with Crippen LogP contribution in [0.25, 0.3) is 0 Å². The van der Waals surface area contributed by atoms with E-state index in [0.717, 1.165) is 11.3 Å². The van der Waals surface area contributed by atoms with Crippen LogP contribution in [0, 0.1) is 0 Å². The van der Waals surface area contributed by atoms with Crippen LogP contribution in [0.1, 0.15) is 18.4 Å². The summed E-state index contributed by atoms with van der Waals surface area (Å²) in [5.41, 5.74) is 0.442. The minimum absolute atomic E-state index is 0.208. The molecule has 1 N–H and O–H groups in total. The average Bonchev–Trinajstić information content (AvgIpc) is 2.26. The molecular weight excluding hydrogens is 204 g/mol. The second-order valence-corrected chi connectivity index (χ2v) is 4.48. The summed E-state index contributed by atoms with van der Waals surface area (Å²) in [5, 5.41) is 10.2. The Balaban J connectivity index is 2.04. The number of hydrogen-bond donors (Lipinski definition) is 1. The molecule has 1 aliphatic carbocycles. The Morgan fingerprint density at radius 1 is 1.31 bits per heavy atom. The number of ether oxygens (including phenoxy) is 2. The Bertz CT molecular complexity index is 356. The first-order valence-corrected chi connectivity index (χ1v) is 5.54. The van der Waals surface area contributed by atoms with Gasteiger partial charge in [-0.1, -0.05) is 18.2 Å². The van der Waals surface area contributed by atoms with Gasteiger partial charge >= 0.3 is 0 Å². The predicted octanol–water partition coefficient (Wildman–Crippen LogP) is 1.78. The summed E-state index contributed by atoms with van der Waals surface area (Å²) in [6.07, 6.45) is 2.26. The fourth-order valence-electron chi connectivity index (χ4n) is 2.30. The first-order chi connectivity index (χ1) is 7.67. The highest BCUT2D eigenvalue weighted by Crippen LogP contribution is 2.38. The molecule has 3 nitrogen and oxygen atoms in total. The molecule has 16 heavy (non-hydrogen) atoms. The van der Waals surface area contributed by atoms with E-state index in [1.54, 1.807) is 14.2 Å². The van der Waals surface area contributed by atoms with E-state index in [0.29, 0.717) is 19.3 Å². The summed E-state index contributed by atoms with van der Waals surface area (Å²) >= 11 is 0. The lowest BCUT2D eigenvalue weighted by molar-refractivity contribution is -0.126. The fraction of sp³-hybridized carbons (Fsp3) is 0.538. The summed E-state index contributed by atoms with van der Waals surface area (Å²) in [7, 11) is 3.34. The molecule has 2 rings (SSSR count). The summed E-state index contributed by atoms with van der Waals surface area (Å²) < 4.78 is 10.5. The van der Waals surface area contributed by atoms with Gasteiger partial charge in [0.1, 0.15) is 5.75 Å². The normalized spacial score (nSPS) is 28.6. The van der Waals surface area contributed by atoms with E-state index in [-0.39, 0.29) is 6.10 Å². The van der Waals surface area contributed by atoms with Gasteiger partial charge in [0.2, 0.25) is 0 Å². The Labute approximate surface area is 96.0 Å². The molecule has 0 heterocycles. The summed E-state index contributed by atoms with van der Waals surface area (Å²) in [5.74, 6) is 0.844. The third-order valence-electron chi connectivity index (χ3n) is 3.26. The standard InChI is InChI=1S/C13H18O3/c1-15-11-8-13(14,9-11)7-10-5-3-4-6-12(10)16-2/h3-6,11,14H,7-9H2,1-2H3. The molecule has 0 spiro atoms. The molecule has 0 amide bonds. The van der Waals surface area contributed by atoms with Gasteiger partial charge in [0, 0.05) is 26.4 Å². The van der Waals surface area contributed by atoms with Gasteiger partial charge in [0.25, 0.3) is 0 Å². The summed E-state index contributed by atoms with van der Waals surface area (Å²) in [4.78, 5) is 0. The van der Waals surface area contributed by atoms with Crippen molar-refractivity contribution >= 4 is 0 Å². The van der Waals surface area contributed by atoms with Crippen molar-refractivity contribution in [1.29, 1.82) is 0 Å². The molecule has 0 saturated heterocycles. The Morgan fingerprint density at radius 3 is 2.62 bits per heavy atom. The molecule has 0 bridgehead atoms. The van der Waals surface area contributed by atoms with E-state index in [1.807, 2.05) is 24.3 Å². The number of hydrogen-bond acceptors (Lipinski definition) is 3. The molecule has 0 unspecified atom stereocenters. The van der Waals surface area contributed by atoms with Crippen molar-refractivity contribution in [2.24, 2.45) is 0 Å². The molecule has 1 fully saturated rings. The van der Waals surface area contributed by atoms with Crippen LogP contribution in [-0.2, 0) is 11.2 Å². The SMILES string of the molecule is COc1ccccc1CC1(O)CC(OC)C1. The lowest BCUT2D eigenvalue weighted by Crippen LogP contribution is -2.49. The van der Waals surface area contributed by atoms with Crippen molar-refractivity contribution in [3.8, 4) is 5.75 Å². The average molecular weight is 222 g/mol. The smallest absolute Gasteiger partial charge is 0.122 e. The first kappa shape index (κ1) is 11.4. The molecule has 0 radical (unpaired) electrons. The van der Waals surface area contributed by atoms with Crippen LogP contribution in [-0.4, -0.2) is 31.0 Å². The van der Waals surface area contributed by atoms with Crippen molar-refractivity contribution in [3.63, 3.8) is 0 Å². The number of aliphatic hydroxyl groups is 1. The van der Waals surface area contributed by atoms with Gasteiger partial charge in [-0.2, -0.15) is 0 Å². The van der Waals surface area contributed by atoms with Crippen LogP contribution in [0.15, 0.2) is 24.3 Å². The molecular formula is C13H18O3. The van der Waals surface area contributed by atoms with Crippen molar-refractivity contribution in [2.75, 3.05) is 14.2 Å². The van der Waals surface area contributed by atoms with Crippen LogP contribution in [0.4, 0.5) is 0 Å². The Kier molecular flexibility index (Phi) is 3.17. The monoisotopic (exact) mass is 222 g/mol. The largest absolute Gasteiger partial charge is 0.496 e. The quantitative estimate of drug-likeness (QED) is 0.844. The third-order valence-corrected chi connectivity index (χ3v) is 3.26. The molecule has 0 atom stereocenters. The summed E-state index contributed by atoms with van der Waals surface area (Å²) in [6, 6.07) is 7.82. The van der Waals surface area contributed by atoms with E-state index in [1.165, 1.54) is 0 Å². The zero-order valence-corrected chi connectivity index (χ0v) is 9.77. The van der Waals surface area contributed by atoms with Gasteiger partial charge < -0.3 is 14.6 Å². The molecule has 0 aliphatic heterocycles. The number of methoxy groups -OCH3 is 2. The lowest BCUT2D eigenvalue weighted by Gasteiger charge is -2.43. The van der Waals surface area contributed by atoms with Crippen LogP contribution in [0.2, 0.25) is 0 Å². The molecule has 1 saturated carbocycles. The van der Waals surface area contributed by atoms with Gasteiger partial charge in [0.05, 0.1) is 18.8 Å². The second-order valence-electron chi connectivity index (χ2n) is 4.48. The minimum Gasteiger partial charge on any atom is -0.496 e. The van der Waals surface area contributed by atoms with E-state index in [4.69, 9.17) is 9.47 Å². The predicted molar refractivity (Wildman–Crippen MR) is 61.7 cm³/mol. The topological polar surface area (TPSA) is 38.7 Å². The summed E-state index contributed by atoms with van der Waals surface area (Å²) in [6.45, 7) is 0. The maximum Gasteiger partial charge on any atom is 0.122 e. The molecule has 1 aromatic rings. The second kappa shape index (κ2) is 4.44. The highest BCUT2D eigenvalue weighted by molar-refractivity contribution is 5.34. The van der Waals surface area contributed by atoms with Gasteiger partial charge in [-0.3, -0.25) is 0 Å². The van der Waals surface area contributed by atoms with Crippen LogP contribution in [0.3, 0.4) is 0 Å². The first-order valence-electron chi connectivity index (χ1n) is 5.54. The maximum atomic E-state index is 10.2. The maximum absolute atomic E-state index is 10.2. The van der Waals surface area contributed by atoms with Crippen molar-refractivity contribution in [2.45, 2.75) is 31.0 Å². The van der Waals surface area contributed by atoms with Crippen molar-refractivity contribution in [1.82, 2.24) is 0 Å². The number of para-hydroxylation sites is 1. The van der Waals surface area contributed by atoms with Gasteiger partial charge in [0.15, 0.2) is 0 Å². The lowest BCUT2D eigenvalue weighted by atomic mass is 9.73. The van der Waals surface area contributed by atoms with Crippen molar-refractivity contribution in [3.05, 3.63) is 29.8 Å².